The summed E-state index contributed by atoms with van der Waals surface area (Å²) in [5.74, 6) is -0.177. The Morgan fingerprint density at radius 1 is 1.24 bits per heavy atom. The number of carbonyl (C=O) groups is 1. The molecule has 0 amide bonds. The van der Waals surface area contributed by atoms with Gasteiger partial charge in [0.05, 0.1) is 24.1 Å². The normalized spacial score (nSPS) is 25.2. The van der Waals surface area contributed by atoms with E-state index in [1.54, 1.807) is 0 Å². The number of hydrogen-bond acceptors (Lipinski definition) is 6. The number of esters is 1. The Kier molecular flexibility index (Phi) is 4.81. The summed E-state index contributed by atoms with van der Waals surface area (Å²) in [6.45, 7) is 6.19. The van der Waals surface area contributed by atoms with Crippen molar-refractivity contribution in [3.8, 4) is 0 Å². The third-order valence-corrected chi connectivity index (χ3v) is 4.93. The van der Waals surface area contributed by atoms with E-state index in [1.165, 1.54) is 0 Å². The van der Waals surface area contributed by atoms with E-state index in [0.717, 1.165) is 22.5 Å². The summed E-state index contributed by atoms with van der Waals surface area (Å²) in [7, 11) is 4.02. The first-order valence-corrected chi connectivity index (χ1v) is 8.64. The Morgan fingerprint density at radius 2 is 1.92 bits per heavy atom. The second-order valence-electron chi connectivity index (χ2n) is 6.74. The van der Waals surface area contributed by atoms with E-state index in [0.29, 0.717) is 12.2 Å². The molecule has 0 saturated heterocycles. The van der Waals surface area contributed by atoms with Crippen molar-refractivity contribution in [2.24, 2.45) is 11.0 Å². The number of fused-ring (bicyclic) bond motifs is 1. The molecule has 0 aliphatic carbocycles. The largest absolute Gasteiger partial charge is 0.463 e. The number of ether oxygens (including phenoxy) is 1. The number of benzene rings is 1. The van der Waals surface area contributed by atoms with Gasteiger partial charge in [0.1, 0.15) is 6.17 Å². The third-order valence-electron chi connectivity index (χ3n) is 4.93. The summed E-state index contributed by atoms with van der Waals surface area (Å²) < 4.78 is 5.34. The monoisotopic (exact) mass is 342 g/mol. The zero-order valence-corrected chi connectivity index (χ0v) is 15.5. The topological polar surface area (TPSA) is 66.0 Å². The van der Waals surface area contributed by atoms with E-state index < -0.39 is 0 Å². The molecule has 0 bridgehead atoms. The van der Waals surface area contributed by atoms with E-state index >= 15 is 0 Å². The van der Waals surface area contributed by atoms with Gasteiger partial charge in [0, 0.05) is 25.5 Å². The van der Waals surface area contributed by atoms with Gasteiger partial charge in [0.25, 0.3) is 0 Å². The summed E-state index contributed by atoms with van der Waals surface area (Å²) in [5, 5.41) is 7.88. The highest BCUT2D eigenvalue weighted by Crippen LogP contribution is 2.37. The zero-order chi connectivity index (χ0) is 18.1. The average Bonchev–Trinajstić information content (AvgIpc) is 2.96. The minimum absolute atomic E-state index is 0.00305. The molecule has 6 nitrogen and oxygen atoms in total. The van der Waals surface area contributed by atoms with Crippen molar-refractivity contribution in [3.05, 3.63) is 41.0 Å². The van der Waals surface area contributed by atoms with Crippen LogP contribution in [-0.2, 0) is 9.53 Å². The van der Waals surface area contributed by atoms with E-state index in [9.17, 15) is 4.79 Å². The Labute approximate surface area is 148 Å². The van der Waals surface area contributed by atoms with Crippen molar-refractivity contribution in [1.82, 2.24) is 10.7 Å². The van der Waals surface area contributed by atoms with Crippen LogP contribution in [0, 0.1) is 5.92 Å². The van der Waals surface area contributed by atoms with Gasteiger partial charge in [0.2, 0.25) is 0 Å². The van der Waals surface area contributed by atoms with Gasteiger partial charge >= 0.3 is 5.97 Å². The van der Waals surface area contributed by atoms with Gasteiger partial charge in [-0.3, -0.25) is 10.7 Å². The molecular weight excluding hydrogens is 316 g/mol. The van der Waals surface area contributed by atoms with Gasteiger partial charge in [-0.1, -0.05) is 12.1 Å². The van der Waals surface area contributed by atoms with Gasteiger partial charge in [0.15, 0.2) is 0 Å². The third kappa shape index (κ3) is 3.14. The summed E-state index contributed by atoms with van der Waals surface area (Å²) >= 11 is 0. The maximum atomic E-state index is 12.7. The second-order valence-corrected chi connectivity index (χ2v) is 6.74. The molecular formula is C19H26N4O2. The number of anilines is 1. The van der Waals surface area contributed by atoms with Gasteiger partial charge in [-0.2, -0.15) is 5.10 Å². The summed E-state index contributed by atoms with van der Waals surface area (Å²) in [6.07, 6.45) is -0.00305. The Balaban J connectivity index is 2.02. The lowest BCUT2D eigenvalue weighted by Gasteiger charge is -2.36. The molecule has 0 aromatic heterocycles. The highest BCUT2D eigenvalue weighted by atomic mass is 16.5. The molecule has 0 saturated carbocycles. The number of hydrazone groups is 1. The molecule has 2 N–H and O–H groups in total. The van der Waals surface area contributed by atoms with Crippen LogP contribution in [0.4, 0.5) is 5.69 Å². The molecule has 134 valence electrons. The Bertz CT molecular complexity index is 721. The quantitative estimate of drug-likeness (QED) is 0.821. The van der Waals surface area contributed by atoms with E-state index in [-0.39, 0.29) is 24.1 Å². The molecule has 0 radical (unpaired) electrons. The van der Waals surface area contributed by atoms with Crippen LogP contribution >= 0.6 is 0 Å². The highest BCUT2D eigenvalue weighted by Gasteiger charge is 2.42. The lowest BCUT2D eigenvalue weighted by Crippen LogP contribution is -2.50. The fraction of sp³-hybridized carbons (Fsp3) is 0.474. The fourth-order valence-electron chi connectivity index (χ4n) is 3.63. The first-order chi connectivity index (χ1) is 11.9. The minimum Gasteiger partial charge on any atom is -0.463 e. The molecule has 0 spiro atoms. The Hall–Kier alpha value is -2.34. The SMILES string of the molecule is CCOC(=O)C1=C(C)C2C(C)=NNC2NC1c1ccc(N(C)C)cc1. The number of rotatable bonds is 4. The molecule has 2 heterocycles. The number of nitrogens with zero attached hydrogens (tertiary/aromatic N) is 2. The lowest BCUT2D eigenvalue weighted by molar-refractivity contribution is -0.139. The number of hydrogen-bond donors (Lipinski definition) is 2. The van der Waals surface area contributed by atoms with Gasteiger partial charge in [-0.25, -0.2) is 4.79 Å². The zero-order valence-electron chi connectivity index (χ0n) is 15.5. The van der Waals surface area contributed by atoms with E-state index in [2.05, 4.69) is 45.0 Å². The van der Waals surface area contributed by atoms with E-state index in [1.807, 2.05) is 34.9 Å². The Morgan fingerprint density at radius 3 is 2.52 bits per heavy atom. The molecule has 0 fully saturated rings. The predicted octanol–water partition coefficient (Wildman–Crippen LogP) is 2.20. The van der Waals surface area contributed by atoms with Crippen molar-refractivity contribution in [2.45, 2.75) is 33.0 Å². The number of nitrogens with one attached hydrogen (secondary N) is 2. The lowest BCUT2D eigenvalue weighted by atomic mass is 9.81. The molecule has 3 unspecified atom stereocenters. The fourth-order valence-corrected chi connectivity index (χ4v) is 3.63. The molecule has 2 aliphatic heterocycles. The van der Waals surface area contributed by atoms with Crippen LogP contribution < -0.4 is 15.6 Å². The molecule has 6 heteroatoms. The van der Waals surface area contributed by atoms with Crippen LogP contribution in [0.1, 0.15) is 32.4 Å². The highest BCUT2D eigenvalue weighted by molar-refractivity contribution is 5.96. The van der Waals surface area contributed by atoms with Crippen molar-refractivity contribution in [2.75, 3.05) is 25.6 Å². The predicted molar refractivity (Wildman–Crippen MR) is 99.5 cm³/mol. The van der Waals surface area contributed by atoms with E-state index in [4.69, 9.17) is 4.74 Å². The molecule has 1 aromatic rings. The smallest absolute Gasteiger partial charge is 0.335 e. The van der Waals surface area contributed by atoms with Crippen molar-refractivity contribution in [1.29, 1.82) is 0 Å². The molecule has 3 atom stereocenters. The summed E-state index contributed by atoms with van der Waals surface area (Å²) in [4.78, 5) is 14.7. The molecule has 1 aromatic carbocycles. The first-order valence-electron chi connectivity index (χ1n) is 8.64. The van der Waals surface area contributed by atoms with Crippen LogP contribution in [0.2, 0.25) is 0 Å². The van der Waals surface area contributed by atoms with Crippen molar-refractivity contribution < 1.29 is 9.53 Å². The van der Waals surface area contributed by atoms with Gasteiger partial charge in [-0.05, 0) is 44.0 Å². The second kappa shape index (κ2) is 6.88. The van der Waals surface area contributed by atoms with Crippen molar-refractivity contribution in [3.63, 3.8) is 0 Å². The van der Waals surface area contributed by atoms with Crippen LogP contribution in [0.15, 0.2) is 40.5 Å². The average molecular weight is 342 g/mol. The van der Waals surface area contributed by atoms with Gasteiger partial charge < -0.3 is 9.64 Å². The molecule has 2 aliphatic rings. The summed E-state index contributed by atoms with van der Waals surface area (Å²) in [6, 6.07) is 8.02. The first kappa shape index (κ1) is 17.5. The van der Waals surface area contributed by atoms with Crippen LogP contribution in [0.3, 0.4) is 0 Å². The maximum Gasteiger partial charge on any atom is 0.335 e. The van der Waals surface area contributed by atoms with Crippen molar-refractivity contribution >= 4 is 17.4 Å². The standard InChI is InChI=1S/C19H26N4O2/c1-6-25-19(24)16-11(2)15-12(3)21-22-18(15)20-17(16)13-7-9-14(10-8-13)23(4)5/h7-10,15,17-18,20,22H,6H2,1-5H3. The van der Waals surface area contributed by atoms with Gasteiger partial charge in [-0.15, -0.1) is 0 Å². The molecule has 25 heavy (non-hydrogen) atoms. The van der Waals surface area contributed by atoms with Crippen LogP contribution in [-0.4, -0.2) is 38.5 Å². The molecule has 3 rings (SSSR count). The van der Waals surface area contributed by atoms with Crippen LogP contribution in [0.5, 0.6) is 0 Å². The summed E-state index contributed by atoms with van der Waals surface area (Å²) in [5.41, 5.74) is 8.00. The van der Waals surface area contributed by atoms with Crippen LogP contribution in [0.25, 0.3) is 0 Å². The maximum absolute atomic E-state index is 12.7. The number of carbonyl (C=O) groups excluding carboxylic acids is 1. The minimum atomic E-state index is -0.257.